The first-order valence-electron chi connectivity index (χ1n) is 9.34. The summed E-state index contributed by atoms with van der Waals surface area (Å²) in [6, 6.07) is 0.384. The van der Waals surface area contributed by atoms with Gasteiger partial charge in [0, 0.05) is 30.9 Å². The Labute approximate surface area is 154 Å². The van der Waals surface area contributed by atoms with E-state index in [0.29, 0.717) is 31.5 Å². The number of thiazole rings is 1. The quantitative estimate of drug-likeness (QED) is 0.489. The van der Waals surface area contributed by atoms with E-state index >= 15 is 0 Å². The van der Waals surface area contributed by atoms with Gasteiger partial charge in [-0.15, -0.1) is 11.3 Å². The van der Waals surface area contributed by atoms with Crippen LogP contribution in [0.15, 0.2) is 10.4 Å². The van der Waals surface area contributed by atoms with Gasteiger partial charge >= 0.3 is 0 Å². The Morgan fingerprint density at radius 1 is 1.36 bits per heavy atom. The van der Waals surface area contributed by atoms with Crippen molar-refractivity contribution in [1.29, 1.82) is 0 Å². The number of aromatic nitrogens is 1. The van der Waals surface area contributed by atoms with Crippen LogP contribution in [0.3, 0.4) is 0 Å². The molecule has 0 spiro atoms. The lowest BCUT2D eigenvalue weighted by Crippen LogP contribution is -2.40. The van der Waals surface area contributed by atoms with Crippen molar-refractivity contribution in [3.63, 3.8) is 0 Å². The SMILES string of the molecule is CCNC(=NCc1nc(C(C)C)cs1)NCCC(=O)NC1CCCC1. The van der Waals surface area contributed by atoms with Crippen LogP contribution in [0, 0.1) is 0 Å². The minimum Gasteiger partial charge on any atom is -0.357 e. The summed E-state index contributed by atoms with van der Waals surface area (Å²) in [5.74, 6) is 1.30. The molecule has 0 aliphatic heterocycles. The van der Waals surface area contributed by atoms with Gasteiger partial charge in [-0.1, -0.05) is 26.7 Å². The second-order valence-electron chi connectivity index (χ2n) is 6.74. The molecule has 7 heteroatoms. The first kappa shape index (κ1) is 19.7. The summed E-state index contributed by atoms with van der Waals surface area (Å²) < 4.78 is 0. The van der Waals surface area contributed by atoms with Gasteiger partial charge in [-0.25, -0.2) is 9.98 Å². The lowest BCUT2D eigenvalue weighted by atomic mass is 10.2. The van der Waals surface area contributed by atoms with E-state index in [0.717, 1.165) is 36.0 Å². The standard InChI is InChI=1S/C18H31N5OS/c1-4-19-18(21-11-17-23-15(12-25-17)13(2)3)20-10-9-16(24)22-14-7-5-6-8-14/h12-14H,4-11H2,1-3H3,(H,22,24)(H2,19,20,21). The van der Waals surface area contributed by atoms with Gasteiger partial charge < -0.3 is 16.0 Å². The van der Waals surface area contributed by atoms with Crippen LogP contribution in [0.4, 0.5) is 0 Å². The van der Waals surface area contributed by atoms with Crippen LogP contribution >= 0.6 is 11.3 Å². The van der Waals surface area contributed by atoms with Gasteiger partial charge in [0.05, 0.1) is 12.2 Å². The molecule has 2 rings (SSSR count). The van der Waals surface area contributed by atoms with Gasteiger partial charge in [0.1, 0.15) is 5.01 Å². The molecule has 1 aromatic heterocycles. The molecule has 0 bridgehead atoms. The molecule has 1 aliphatic rings. The Kier molecular flexibility index (Phi) is 8.18. The molecule has 6 nitrogen and oxygen atoms in total. The molecule has 140 valence electrons. The minimum atomic E-state index is 0.122. The van der Waals surface area contributed by atoms with Crippen LogP contribution in [0.25, 0.3) is 0 Å². The maximum atomic E-state index is 12.0. The molecule has 1 amide bonds. The van der Waals surface area contributed by atoms with Crippen molar-refractivity contribution < 1.29 is 4.79 Å². The van der Waals surface area contributed by atoms with E-state index in [-0.39, 0.29) is 5.91 Å². The van der Waals surface area contributed by atoms with Gasteiger partial charge in [-0.05, 0) is 25.7 Å². The van der Waals surface area contributed by atoms with E-state index in [2.05, 4.69) is 45.2 Å². The number of guanidine groups is 1. The Balaban J connectivity index is 1.75. The highest BCUT2D eigenvalue weighted by molar-refractivity contribution is 7.09. The summed E-state index contributed by atoms with van der Waals surface area (Å²) >= 11 is 1.65. The molecule has 0 atom stereocenters. The maximum Gasteiger partial charge on any atom is 0.221 e. The van der Waals surface area contributed by atoms with E-state index in [1.165, 1.54) is 12.8 Å². The summed E-state index contributed by atoms with van der Waals surface area (Å²) in [6.07, 6.45) is 5.17. The second-order valence-corrected chi connectivity index (χ2v) is 7.68. The largest absolute Gasteiger partial charge is 0.357 e. The number of rotatable bonds is 8. The third kappa shape index (κ3) is 7.02. The molecule has 1 aromatic rings. The number of nitrogens with zero attached hydrogens (tertiary/aromatic N) is 2. The van der Waals surface area contributed by atoms with E-state index < -0.39 is 0 Å². The zero-order valence-electron chi connectivity index (χ0n) is 15.6. The highest BCUT2D eigenvalue weighted by atomic mass is 32.1. The fourth-order valence-corrected chi connectivity index (χ4v) is 3.69. The molecule has 1 saturated carbocycles. The summed E-state index contributed by atoms with van der Waals surface area (Å²) in [5, 5.41) is 12.7. The van der Waals surface area contributed by atoms with Gasteiger partial charge in [0.15, 0.2) is 5.96 Å². The Hall–Kier alpha value is -1.63. The van der Waals surface area contributed by atoms with Crippen LogP contribution in [-0.2, 0) is 11.3 Å². The average Bonchev–Trinajstić information content (AvgIpc) is 3.24. The number of amides is 1. The fraction of sp³-hybridized carbons (Fsp3) is 0.722. The number of hydrogen-bond acceptors (Lipinski definition) is 4. The van der Waals surface area contributed by atoms with E-state index in [1.54, 1.807) is 11.3 Å². The smallest absolute Gasteiger partial charge is 0.221 e. The molecular weight excluding hydrogens is 334 g/mol. The first-order valence-corrected chi connectivity index (χ1v) is 10.2. The molecule has 1 aliphatic carbocycles. The summed E-state index contributed by atoms with van der Waals surface area (Å²) in [4.78, 5) is 21.1. The van der Waals surface area contributed by atoms with Crippen molar-refractivity contribution in [3.8, 4) is 0 Å². The predicted molar refractivity (Wildman–Crippen MR) is 104 cm³/mol. The van der Waals surface area contributed by atoms with E-state index in [1.807, 2.05) is 6.92 Å². The Morgan fingerprint density at radius 2 is 2.12 bits per heavy atom. The fourth-order valence-electron chi connectivity index (χ4n) is 2.82. The number of aliphatic imine (C=N–C) groups is 1. The van der Waals surface area contributed by atoms with Crippen LogP contribution in [-0.4, -0.2) is 36.0 Å². The predicted octanol–water partition coefficient (Wildman–Crippen LogP) is 2.77. The zero-order valence-corrected chi connectivity index (χ0v) is 16.4. The van der Waals surface area contributed by atoms with Crippen molar-refractivity contribution in [3.05, 3.63) is 16.1 Å². The van der Waals surface area contributed by atoms with E-state index in [9.17, 15) is 4.79 Å². The molecule has 1 heterocycles. The minimum absolute atomic E-state index is 0.122. The average molecular weight is 366 g/mol. The van der Waals surface area contributed by atoms with Crippen molar-refractivity contribution >= 4 is 23.2 Å². The lowest BCUT2D eigenvalue weighted by molar-refractivity contribution is -0.121. The van der Waals surface area contributed by atoms with E-state index in [4.69, 9.17) is 0 Å². The monoisotopic (exact) mass is 365 g/mol. The molecule has 0 radical (unpaired) electrons. The molecule has 1 fully saturated rings. The third-order valence-corrected chi connectivity index (χ3v) is 5.09. The topological polar surface area (TPSA) is 78.4 Å². The lowest BCUT2D eigenvalue weighted by Gasteiger charge is -2.13. The van der Waals surface area contributed by atoms with Crippen molar-refractivity contribution in [2.24, 2.45) is 4.99 Å². The highest BCUT2D eigenvalue weighted by Crippen LogP contribution is 2.18. The number of carbonyl (C=O) groups excluding carboxylic acids is 1. The Bertz CT molecular complexity index is 564. The van der Waals surface area contributed by atoms with Crippen LogP contribution < -0.4 is 16.0 Å². The van der Waals surface area contributed by atoms with Gasteiger partial charge in [-0.2, -0.15) is 0 Å². The molecule has 0 saturated heterocycles. The molecule has 3 N–H and O–H groups in total. The van der Waals surface area contributed by atoms with Crippen molar-refractivity contribution in [2.45, 2.75) is 71.4 Å². The Morgan fingerprint density at radius 3 is 2.76 bits per heavy atom. The highest BCUT2D eigenvalue weighted by Gasteiger charge is 2.16. The van der Waals surface area contributed by atoms with Crippen LogP contribution in [0.2, 0.25) is 0 Å². The van der Waals surface area contributed by atoms with Crippen molar-refractivity contribution in [2.75, 3.05) is 13.1 Å². The first-order chi connectivity index (χ1) is 12.1. The third-order valence-electron chi connectivity index (χ3n) is 4.24. The van der Waals surface area contributed by atoms with Crippen LogP contribution in [0.1, 0.15) is 69.5 Å². The summed E-state index contributed by atoms with van der Waals surface area (Å²) in [7, 11) is 0. The molecule has 0 unspecified atom stereocenters. The maximum absolute atomic E-state index is 12.0. The molecule has 0 aromatic carbocycles. The summed E-state index contributed by atoms with van der Waals surface area (Å²) in [5.41, 5.74) is 1.12. The zero-order chi connectivity index (χ0) is 18.1. The van der Waals surface area contributed by atoms with Gasteiger partial charge in [0.25, 0.3) is 0 Å². The van der Waals surface area contributed by atoms with Crippen molar-refractivity contribution in [1.82, 2.24) is 20.9 Å². The van der Waals surface area contributed by atoms with Crippen LogP contribution in [0.5, 0.6) is 0 Å². The summed E-state index contributed by atoms with van der Waals surface area (Å²) in [6.45, 7) is 8.24. The number of nitrogens with one attached hydrogen (secondary N) is 3. The molecular formula is C18H31N5OS. The number of carbonyl (C=O) groups is 1. The second kappa shape index (κ2) is 10.4. The van der Waals surface area contributed by atoms with Gasteiger partial charge in [0.2, 0.25) is 5.91 Å². The van der Waals surface area contributed by atoms with Gasteiger partial charge in [-0.3, -0.25) is 4.79 Å². The number of hydrogen-bond donors (Lipinski definition) is 3. The molecule has 25 heavy (non-hydrogen) atoms. The normalized spacial score (nSPS) is 15.6.